The fourth-order valence-corrected chi connectivity index (χ4v) is 4.01. The molecule has 0 radical (unpaired) electrons. The number of halogens is 2. The summed E-state index contributed by atoms with van der Waals surface area (Å²) in [5.41, 5.74) is 9.10. The number of carbonyl (C=O) groups is 1. The summed E-state index contributed by atoms with van der Waals surface area (Å²) in [7, 11) is 0. The highest BCUT2D eigenvalue weighted by Gasteiger charge is 2.22. The molecule has 0 aliphatic rings. The van der Waals surface area contributed by atoms with Gasteiger partial charge in [-0.1, -0.05) is 41.4 Å². The topological polar surface area (TPSA) is 109 Å². The van der Waals surface area contributed by atoms with Gasteiger partial charge in [0.1, 0.15) is 0 Å². The van der Waals surface area contributed by atoms with Crippen molar-refractivity contribution in [2.24, 2.45) is 5.73 Å². The highest BCUT2D eigenvalue weighted by atomic mass is 35.5. The molecule has 0 spiro atoms. The summed E-state index contributed by atoms with van der Waals surface area (Å²) >= 11 is 9.96. The Kier molecular flexibility index (Phi) is 7.06. The molecule has 0 saturated heterocycles. The average Bonchev–Trinajstić information content (AvgIpc) is 2.71. The second-order valence-electron chi connectivity index (χ2n) is 6.29. The Morgan fingerprint density at radius 2 is 1.93 bits per heavy atom. The molecule has 0 aliphatic heterocycles. The van der Waals surface area contributed by atoms with Gasteiger partial charge >= 0.3 is 0 Å². The van der Waals surface area contributed by atoms with Gasteiger partial charge in [0.25, 0.3) is 11.3 Å². The first kappa shape index (κ1) is 22.2. The van der Waals surface area contributed by atoms with Crippen LogP contribution in [-0.4, -0.2) is 19.7 Å². The summed E-state index contributed by atoms with van der Waals surface area (Å²) in [6.07, 6.45) is 3.15. The fourth-order valence-electron chi connectivity index (χ4n) is 2.92. The summed E-state index contributed by atoms with van der Waals surface area (Å²) in [5.74, 6) is -0.217. The molecule has 1 unspecified atom stereocenters. The maximum absolute atomic E-state index is 12.3. The molecule has 2 aromatic carbocycles. The lowest BCUT2D eigenvalue weighted by atomic mass is 10.0. The molecule has 3 rings (SSSR count). The number of hydrogen-bond donors (Lipinski definition) is 3. The van der Waals surface area contributed by atoms with E-state index in [0.29, 0.717) is 28.1 Å². The minimum Gasteiger partial charge on any atom is -0.326 e. The molecule has 4 N–H and O–H groups in total. The Bertz CT molecular complexity index is 1130. The molecule has 10 heteroatoms. The zero-order valence-corrected chi connectivity index (χ0v) is 18.1. The SMILES string of the molecule is CC(=O)Nc1cncc(-c2ccc(CN)c(N(c3cccc(Cl)c3Cl)S(=O)O)c2)c1. The lowest BCUT2D eigenvalue weighted by Crippen LogP contribution is -2.22. The molecule has 0 bridgehead atoms. The minimum absolute atomic E-state index is 0.131. The highest BCUT2D eigenvalue weighted by molar-refractivity contribution is 7.81. The molecule has 156 valence electrons. The molecule has 1 atom stereocenters. The molecular weight excluding hydrogens is 447 g/mol. The molecule has 1 heterocycles. The molecule has 0 saturated carbocycles. The third-order valence-electron chi connectivity index (χ3n) is 4.22. The van der Waals surface area contributed by atoms with E-state index in [9.17, 15) is 13.6 Å². The standard InChI is InChI=1S/C20H18Cl2N4O3S/c1-12(27)25-16-7-15(10-24-11-16)13-5-6-14(9-23)19(8-13)26(30(28)29)18-4-2-3-17(21)20(18)22/h2-8,10-11H,9,23H2,1H3,(H,25,27)(H,28,29). The van der Waals surface area contributed by atoms with E-state index >= 15 is 0 Å². The lowest BCUT2D eigenvalue weighted by Gasteiger charge is -2.24. The van der Waals surface area contributed by atoms with E-state index in [1.54, 1.807) is 42.6 Å². The van der Waals surface area contributed by atoms with Crippen LogP contribution in [0, 0.1) is 0 Å². The number of amides is 1. The molecule has 1 amide bonds. The number of pyridine rings is 1. The number of nitrogens with zero attached hydrogens (tertiary/aromatic N) is 2. The van der Waals surface area contributed by atoms with E-state index in [0.717, 1.165) is 4.31 Å². The van der Waals surface area contributed by atoms with Crippen molar-refractivity contribution >= 4 is 57.4 Å². The maximum atomic E-state index is 12.3. The number of aromatic nitrogens is 1. The van der Waals surface area contributed by atoms with Crippen LogP contribution in [0.4, 0.5) is 17.1 Å². The summed E-state index contributed by atoms with van der Waals surface area (Å²) in [4.78, 5) is 15.5. The van der Waals surface area contributed by atoms with Crippen LogP contribution >= 0.6 is 23.2 Å². The second kappa shape index (κ2) is 9.55. The molecular formula is C20H18Cl2N4O3S. The van der Waals surface area contributed by atoms with Gasteiger partial charge in [0.2, 0.25) is 5.91 Å². The summed E-state index contributed by atoms with van der Waals surface area (Å²) in [6, 6.07) is 11.9. The maximum Gasteiger partial charge on any atom is 0.266 e. The molecule has 1 aromatic heterocycles. The number of anilines is 3. The van der Waals surface area contributed by atoms with Gasteiger partial charge < -0.3 is 11.1 Å². The largest absolute Gasteiger partial charge is 0.326 e. The van der Waals surface area contributed by atoms with Crippen molar-refractivity contribution in [3.05, 3.63) is 70.5 Å². The first-order chi connectivity index (χ1) is 14.3. The quantitative estimate of drug-likeness (QED) is 0.456. The van der Waals surface area contributed by atoms with Gasteiger partial charge in [0.15, 0.2) is 0 Å². The van der Waals surface area contributed by atoms with Crippen molar-refractivity contribution in [1.82, 2.24) is 4.98 Å². The minimum atomic E-state index is -2.45. The predicted octanol–water partition coefficient (Wildman–Crippen LogP) is 4.75. The molecule has 0 aliphatic carbocycles. The first-order valence-corrected chi connectivity index (χ1v) is 10.5. The van der Waals surface area contributed by atoms with Crippen molar-refractivity contribution in [2.75, 3.05) is 9.62 Å². The van der Waals surface area contributed by atoms with Crippen LogP contribution in [0.5, 0.6) is 0 Å². The Morgan fingerprint density at radius 1 is 1.17 bits per heavy atom. The number of hydrogen-bond acceptors (Lipinski definition) is 4. The Hall–Kier alpha value is -2.49. The second-order valence-corrected chi connectivity index (χ2v) is 7.90. The number of benzene rings is 2. The molecule has 7 nitrogen and oxygen atoms in total. The van der Waals surface area contributed by atoms with Crippen LogP contribution in [0.1, 0.15) is 12.5 Å². The van der Waals surface area contributed by atoms with Gasteiger partial charge in [0.05, 0.1) is 33.3 Å². The average molecular weight is 465 g/mol. The lowest BCUT2D eigenvalue weighted by molar-refractivity contribution is -0.114. The van der Waals surface area contributed by atoms with Crippen molar-refractivity contribution in [3.63, 3.8) is 0 Å². The smallest absolute Gasteiger partial charge is 0.266 e. The van der Waals surface area contributed by atoms with Crippen LogP contribution in [0.15, 0.2) is 54.9 Å². The van der Waals surface area contributed by atoms with Crippen LogP contribution in [0.2, 0.25) is 10.0 Å². The van der Waals surface area contributed by atoms with Crippen LogP contribution < -0.4 is 15.4 Å². The van der Waals surface area contributed by atoms with Crippen molar-refractivity contribution < 1.29 is 13.6 Å². The van der Waals surface area contributed by atoms with Crippen LogP contribution in [0.3, 0.4) is 0 Å². The zero-order chi connectivity index (χ0) is 21.8. The van der Waals surface area contributed by atoms with Gasteiger partial charge in [-0.2, -0.15) is 0 Å². The zero-order valence-electron chi connectivity index (χ0n) is 15.8. The fraction of sp³-hybridized carbons (Fsp3) is 0.100. The Morgan fingerprint density at radius 3 is 2.60 bits per heavy atom. The van der Waals surface area contributed by atoms with E-state index < -0.39 is 11.3 Å². The predicted molar refractivity (Wildman–Crippen MR) is 121 cm³/mol. The van der Waals surface area contributed by atoms with Crippen LogP contribution in [0.25, 0.3) is 11.1 Å². The number of rotatable bonds is 6. The number of nitrogens with one attached hydrogen (secondary N) is 1. The summed E-state index contributed by atoms with van der Waals surface area (Å²) in [6.45, 7) is 1.54. The van der Waals surface area contributed by atoms with Crippen molar-refractivity contribution in [1.29, 1.82) is 0 Å². The molecule has 0 fully saturated rings. The normalized spacial score (nSPS) is 11.8. The first-order valence-electron chi connectivity index (χ1n) is 8.73. The van der Waals surface area contributed by atoms with Gasteiger partial charge in [-0.25, -0.2) is 8.51 Å². The summed E-state index contributed by atoms with van der Waals surface area (Å²) in [5, 5.41) is 3.07. The highest BCUT2D eigenvalue weighted by Crippen LogP contribution is 2.40. The summed E-state index contributed by atoms with van der Waals surface area (Å²) < 4.78 is 23.5. The van der Waals surface area contributed by atoms with Gasteiger partial charge in [-0.05, 0) is 35.4 Å². The van der Waals surface area contributed by atoms with Crippen molar-refractivity contribution in [2.45, 2.75) is 13.5 Å². The van der Waals surface area contributed by atoms with E-state index in [1.165, 1.54) is 13.1 Å². The van der Waals surface area contributed by atoms with E-state index in [4.69, 9.17) is 28.9 Å². The van der Waals surface area contributed by atoms with Gasteiger partial charge in [-0.3, -0.25) is 14.3 Å². The molecule has 30 heavy (non-hydrogen) atoms. The van der Waals surface area contributed by atoms with E-state index in [-0.39, 0.29) is 28.2 Å². The third kappa shape index (κ3) is 4.80. The van der Waals surface area contributed by atoms with Gasteiger partial charge in [0, 0.05) is 25.2 Å². The number of carbonyl (C=O) groups excluding carboxylic acids is 1. The third-order valence-corrected chi connectivity index (χ3v) is 5.74. The van der Waals surface area contributed by atoms with Gasteiger partial charge in [-0.15, -0.1) is 0 Å². The monoisotopic (exact) mass is 464 g/mol. The van der Waals surface area contributed by atoms with Crippen LogP contribution in [-0.2, 0) is 22.6 Å². The molecule has 3 aromatic rings. The Labute approximate surface area is 186 Å². The Balaban J connectivity index is 2.15. The van der Waals surface area contributed by atoms with E-state index in [2.05, 4.69) is 10.3 Å². The number of nitrogens with two attached hydrogens (primary N) is 1. The van der Waals surface area contributed by atoms with E-state index in [1.807, 2.05) is 6.07 Å². The van der Waals surface area contributed by atoms with Crippen molar-refractivity contribution in [3.8, 4) is 11.1 Å².